The molecule has 1 aliphatic rings. The van der Waals surface area contributed by atoms with Gasteiger partial charge in [-0.1, -0.05) is 6.07 Å². The number of aromatic nitrogens is 1. The van der Waals surface area contributed by atoms with Crippen molar-refractivity contribution in [2.75, 3.05) is 5.32 Å². The van der Waals surface area contributed by atoms with E-state index in [2.05, 4.69) is 10.3 Å². The molecule has 4 heteroatoms. The quantitative estimate of drug-likeness (QED) is 0.723. The Labute approximate surface area is 75.6 Å². The van der Waals surface area contributed by atoms with Crippen molar-refractivity contribution in [3.05, 3.63) is 24.4 Å². The minimum atomic E-state index is -0.728. The molecule has 0 spiro atoms. The molecule has 1 aromatic rings. The molecule has 0 bridgehead atoms. The Balaban J connectivity index is 1.92. The molecule has 0 aromatic carbocycles. The van der Waals surface area contributed by atoms with Gasteiger partial charge < -0.3 is 10.4 Å². The molecule has 0 aliphatic heterocycles. The summed E-state index contributed by atoms with van der Waals surface area (Å²) in [6, 6.07) is 5.59. The second-order valence-corrected chi connectivity index (χ2v) is 3.15. The second-order valence-electron chi connectivity index (χ2n) is 3.15. The first-order chi connectivity index (χ1) is 6.27. The van der Waals surface area contributed by atoms with Crippen LogP contribution in [0.1, 0.15) is 6.42 Å². The standard InChI is InChI=1S/C9H10N2O2/c12-9(13)6-5-7(6)11-8-3-1-2-4-10-8/h1-4,6-7H,5H2,(H,10,11)(H,12,13)/t6?,7-/m0/s1. The van der Waals surface area contributed by atoms with Crippen molar-refractivity contribution in [3.8, 4) is 0 Å². The van der Waals surface area contributed by atoms with Gasteiger partial charge in [0.2, 0.25) is 0 Å². The summed E-state index contributed by atoms with van der Waals surface area (Å²) in [7, 11) is 0. The number of carboxylic acids is 1. The molecule has 1 heterocycles. The summed E-state index contributed by atoms with van der Waals surface area (Å²) in [5.41, 5.74) is 0. The molecule has 4 nitrogen and oxygen atoms in total. The van der Waals surface area contributed by atoms with Crippen molar-refractivity contribution in [3.63, 3.8) is 0 Å². The van der Waals surface area contributed by atoms with E-state index in [0.717, 1.165) is 5.82 Å². The Kier molecular flexibility index (Phi) is 1.88. The second kappa shape index (κ2) is 3.05. The van der Waals surface area contributed by atoms with Crippen LogP contribution in [0.5, 0.6) is 0 Å². The highest BCUT2D eigenvalue weighted by Gasteiger charge is 2.43. The Bertz CT molecular complexity index is 313. The van der Waals surface area contributed by atoms with E-state index >= 15 is 0 Å². The van der Waals surface area contributed by atoms with Gasteiger partial charge in [-0.15, -0.1) is 0 Å². The van der Waals surface area contributed by atoms with Crippen LogP contribution >= 0.6 is 0 Å². The maximum Gasteiger partial charge on any atom is 0.308 e. The van der Waals surface area contributed by atoms with Gasteiger partial charge in [-0.3, -0.25) is 4.79 Å². The van der Waals surface area contributed by atoms with Gasteiger partial charge in [-0.25, -0.2) is 4.98 Å². The van der Waals surface area contributed by atoms with E-state index in [1.165, 1.54) is 0 Å². The van der Waals surface area contributed by atoms with Gasteiger partial charge in [-0.05, 0) is 18.6 Å². The zero-order valence-electron chi connectivity index (χ0n) is 6.97. The van der Waals surface area contributed by atoms with Crippen LogP contribution in [-0.2, 0) is 4.79 Å². The van der Waals surface area contributed by atoms with E-state index in [4.69, 9.17) is 5.11 Å². The molecule has 0 radical (unpaired) electrons. The van der Waals surface area contributed by atoms with E-state index in [1.807, 2.05) is 18.2 Å². The Morgan fingerprint density at radius 1 is 1.62 bits per heavy atom. The minimum absolute atomic E-state index is 0.0624. The molecule has 1 unspecified atom stereocenters. The van der Waals surface area contributed by atoms with Gasteiger partial charge >= 0.3 is 5.97 Å². The van der Waals surface area contributed by atoms with Crippen LogP contribution in [0.4, 0.5) is 5.82 Å². The Hall–Kier alpha value is -1.58. The van der Waals surface area contributed by atoms with Gasteiger partial charge in [0.05, 0.1) is 5.92 Å². The monoisotopic (exact) mass is 178 g/mol. The zero-order valence-corrected chi connectivity index (χ0v) is 6.97. The van der Waals surface area contributed by atoms with Crippen LogP contribution in [0.2, 0.25) is 0 Å². The summed E-state index contributed by atoms with van der Waals surface area (Å²) >= 11 is 0. The number of pyridine rings is 1. The third-order valence-corrected chi connectivity index (χ3v) is 2.11. The van der Waals surface area contributed by atoms with Gasteiger partial charge in [0, 0.05) is 12.2 Å². The molecule has 1 fully saturated rings. The third-order valence-electron chi connectivity index (χ3n) is 2.11. The molecule has 0 amide bonds. The SMILES string of the molecule is O=C(O)C1C[C@@H]1Nc1ccccn1. The van der Waals surface area contributed by atoms with E-state index in [9.17, 15) is 4.79 Å². The molecule has 68 valence electrons. The molecule has 0 saturated heterocycles. The van der Waals surface area contributed by atoms with Gasteiger partial charge in [0.15, 0.2) is 0 Å². The summed E-state index contributed by atoms with van der Waals surface area (Å²) in [5, 5.41) is 11.7. The average Bonchev–Trinajstić information content (AvgIpc) is 2.86. The molecule has 2 N–H and O–H groups in total. The number of nitrogens with one attached hydrogen (secondary N) is 1. The molecule has 1 aliphatic carbocycles. The number of hydrogen-bond acceptors (Lipinski definition) is 3. The van der Waals surface area contributed by atoms with Crippen molar-refractivity contribution >= 4 is 11.8 Å². The third kappa shape index (κ3) is 1.77. The van der Waals surface area contributed by atoms with E-state index in [1.54, 1.807) is 6.20 Å². The molecule has 1 saturated carbocycles. The molecule has 2 rings (SSSR count). The molecule has 13 heavy (non-hydrogen) atoms. The highest BCUT2D eigenvalue weighted by atomic mass is 16.4. The summed E-state index contributed by atoms with van der Waals surface area (Å²) in [5.74, 6) is -0.216. The normalized spacial score (nSPS) is 25.2. The van der Waals surface area contributed by atoms with Crippen molar-refractivity contribution in [2.45, 2.75) is 12.5 Å². The lowest BCUT2D eigenvalue weighted by atomic mass is 10.4. The number of rotatable bonds is 3. The predicted molar refractivity (Wildman–Crippen MR) is 47.4 cm³/mol. The van der Waals surface area contributed by atoms with Crippen molar-refractivity contribution in [1.82, 2.24) is 4.98 Å². The maximum absolute atomic E-state index is 10.5. The largest absolute Gasteiger partial charge is 0.481 e. The Morgan fingerprint density at radius 3 is 3.00 bits per heavy atom. The molecule has 2 atom stereocenters. The Morgan fingerprint density at radius 2 is 2.46 bits per heavy atom. The molecule has 1 aromatic heterocycles. The van der Waals surface area contributed by atoms with Gasteiger partial charge in [0.25, 0.3) is 0 Å². The van der Waals surface area contributed by atoms with Crippen molar-refractivity contribution < 1.29 is 9.90 Å². The average molecular weight is 178 g/mol. The van der Waals surface area contributed by atoms with E-state index < -0.39 is 5.97 Å². The smallest absolute Gasteiger partial charge is 0.308 e. The van der Waals surface area contributed by atoms with Crippen LogP contribution in [0.25, 0.3) is 0 Å². The number of nitrogens with zero attached hydrogens (tertiary/aromatic N) is 1. The summed E-state index contributed by atoms with van der Waals surface area (Å²) < 4.78 is 0. The fraction of sp³-hybridized carbons (Fsp3) is 0.333. The number of carbonyl (C=O) groups is 1. The predicted octanol–water partition coefficient (Wildman–Crippen LogP) is 0.967. The summed E-state index contributed by atoms with van der Waals surface area (Å²) in [6.07, 6.45) is 2.38. The number of anilines is 1. The minimum Gasteiger partial charge on any atom is -0.481 e. The first-order valence-electron chi connectivity index (χ1n) is 4.18. The lowest BCUT2D eigenvalue weighted by molar-refractivity contribution is -0.138. The molecular weight excluding hydrogens is 168 g/mol. The first-order valence-corrected chi connectivity index (χ1v) is 4.18. The van der Waals surface area contributed by atoms with Crippen LogP contribution in [-0.4, -0.2) is 22.1 Å². The van der Waals surface area contributed by atoms with Gasteiger partial charge in [0.1, 0.15) is 5.82 Å². The van der Waals surface area contributed by atoms with Crippen LogP contribution in [0.15, 0.2) is 24.4 Å². The topological polar surface area (TPSA) is 62.2 Å². The van der Waals surface area contributed by atoms with Crippen LogP contribution in [0.3, 0.4) is 0 Å². The summed E-state index contributed by atoms with van der Waals surface area (Å²) in [4.78, 5) is 14.6. The fourth-order valence-electron chi connectivity index (χ4n) is 1.27. The number of hydrogen-bond donors (Lipinski definition) is 2. The number of aliphatic carboxylic acids is 1. The maximum atomic E-state index is 10.5. The van der Waals surface area contributed by atoms with Crippen LogP contribution in [0, 0.1) is 5.92 Å². The lowest BCUT2D eigenvalue weighted by Gasteiger charge is -2.01. The number of carboxylic acid groups (broad SMARTS) is 1. The van der Waals surface area contributed by atoms with Crippen molar-refractivity contribution in [2.24, 2.45) is 5.92 Å². The lowest BCUT2D eigenvalue weighted by Crippen LogP contribution is -2.10. The van der Waals surface area contributed by atoms with E-state index in [0.29, 0.717) is 6.42 Å². The zero-order chi connectivity index (χ0) is 9.26. The molecular formula is C9H10N2O2. The van der Waals surface area contributed by atoms with Gasteiger partial charge in [-0.2, -0.15) is 0 Å². The van der Waals surface area contributed by atoms with E-state index in [-0.39, 0.29) is 12.0 Å². The summed E-state index contributed by atoms with van der Waals surface area (Å²) in [6.45, 7) is 0. The first kappa shape index (κ1) is 8.04. The van der Waals surface area contributed by atoms with Crippen LogP contribution < -0.4 is 5.32 Å². The highest BCUT2D eigenvalue weighted by Crippen LogP contribution is 2.32. The fourth-order valence-corrected chi connectivity index (χ4v) is 1.27. The van der Waals surface area contributed by atoms with Crippen molar-refractivity contribution in [1.29, 1.82) is 0 Å². The highest BCUT2D eigenvalue weighted by molar-refractivity contribution is 5.75.